The van der Waals surface area contributed by atoms with Crippen LogP contribution in [-0.4, -0.2) is 57.2 Å². The van der Waals surface area contributed by atoms with E-state index in [2.05, 4.69) is 26.3 Å². The van der Waals surface area contributed by atoms with Crippen LogP contribution in [0.3, 0.4) is 0 Å². The summed E-state index contributed by atoms with van der Waals surface area (Å²) in [5.41, 5.74) is 2.39. The molecule has 31 heavy (non-hydrogen) atoms. The number of nitrogens with one attached hydrogen (secondary N) is 1. The molecule has 2 aliphatic heterocycles. The van der Waals surface area contributed by atoms with Crippen molar-refractivity contribution >= 4 is 44.9 Å². The normalized spacial score (nSPS) is 19.8. The molecule has 7 nitrogen and oxygen atoms in total. The maximum Gasteiger partial charge on any atom is 0.251 e. The number of carbonyl (C=O) groups is 1. The van der Waals surface area contributed by atoms with Crippen molar-refractivity contribution in [1.29, 1.82) is 0 Å². The maximum absolute atomic E-state index is 12.6. The third-order valence-corrected chi connectivity index (χ3v) is 6.83. The number of nitrogens with zero attached hydrogens (tertiary/aromatic N) is 4. The molecular weight excluding hydrogens is 482 g/mol. The van der Waals surface area contributed by atoms with Crippen LogP contribution < -0.4 is 5.32 Å². The highest BCUT2D eigenvalue weighted by Crippen LogP contribution is 2.31. The van der Waals surface area contributed by atoms with Gasteiger partial charge < -0.3 is 15.0 Å². The first-order chi connectivity index (χ1) is 15.1. The monoisotopic (exact) mass is 503 g/mol. The fourth-order valence-electron chi connectivity index (χ4n) is 4.28. The summed E-state index contributed by atoms with van der Waals surface area (Å²) in [6, 6.07) is 9.90. The van der Waals surface area contributed by atoms with E-state index in [1.807, 2.05) is 35.2 Å². The molecule has 2 fully saturated rings. The molecule has 0 bridgehead atoms. The number of hydrogen-bond donors (Lipinski definition) is 1. The standard InChI is InChI=1S/C22H23BrClN5O2/c23-16-13-25-29-20(12-18(27-21(16)29)15-4-1-2-5-17(15)24)26-14-7-9-28(10-8-14)22(30)19-6-3-11-31-19/h1-2,4-5,12-14,19,26H,3,6-11H2. The molecule has 9 heteroatoms. The first-order valence-corrected chi connectivity index (χ1v) is 11.7. The number of anilines is 1. The number of aromatic nitrogens is 3. The van der Waals surface area contributed by atoms with Crippen LogP contribution in [0.1, 0.15) is 25.7 Å². The zero-order chi connectivity index (χ0) is 21.4. The lowest BCUT2D eigenvalue weighted by Gasteiger charge is -2.34. The predicted octanol–water partition coefficient (Wildman–Crippen LogP) is 4.39. The lowest BCUT2D eigenvalue weighted by molar-refractivity contribution is -0.141. The number of hydrogen-bond acceptors (Lipinski definition) is 5. The molecular formula is C22H23BrClN5O2. The number of ether oxygens (including phenoxy) is 1. The van der Waals surface area contributed by atoms with Crippen molar-refractivity contribution in [2.75, 3.05) is 25.0 Å². The number of benzene rings is 1. The van der Waals surface area contributed by atoms with Gasteiger partial charge >= 0.3 is 0 Å². The molecule has 2 saturated heterocycles. The summed E-state index contributed by atoms with van der Waals surface area (Å²) in [4.78, 5) is 19.3. The van der Waals surface area contributed by atoms with Gasteiger partial charge in [-0.25, -0.2) is 4.98 Å². The zero-order valence-electron chi connectivity index (χ0n) is 16.9. The molecule has 0 aliphatic carbocycles. The van der Waals surface area contributed by atoms with Crippen LogP contribution in [0, 0.1) is 0 Å². The maximum atomic E-state index is 12.6. The zero-order valence-corrected chi connectivity index (χ0v) is 19.3. The summed E-state index contributed by atoms with van der Waals surface area (Å²) < 4.78 is 8.19. The van der Waals surface area contributed by atoms with E-state index in [0.29, 0.717) is 11.6 Å². The third-order valence-electron chi connectivity index (χ3n) is 5.94. The van der Waals surface area contributed by atoms with Crippen molar-refractivity contribution in [2.24, 2.45) is 0 Å². The van der Waals surface area contributed by atoms with E-state index in [1.54, 1.807) is 10.7 Å². The molecule has 2 aliphatic rings. The van der Waals surface area contributed by atoms with Gasteiger partial charge in [-0.2, -0.15) is 9.61 Å². The van der Waals surface area contributed by atoms with Gasteiger partial charge in [0.2, 0.25) is 0 Å². The molecule has 3 aromatic rings. The van der Waals surface area contributed by atoms with E-state index in [0.717, 1.165) is 66.0 Å². The fraction of sp³-hybridized carbons (Fsp3) is 0.409. The van der Waals surface area contributed by atoms with Crippen LogP contribution in [0.2, 0.25) is 5.02 Å². The molecule has 0 saturated carbocycles. The van der Waals surface area contributed by atoms with Gasteiger partial charge in [-0.05, 0) is 47.7 Å². The van der Waals surface area contributed by atoms with Gasteiger partial charge in [0.15, 0.2) is 5.65 Å². The van der Waals surface area contributed by atoms with Gasteiger partial charge in [-0.3, -0.25) is 4.79 Å². The Morgan fingerprint density at radius 2 is 2.03 bits per heavy atom. The van der Waals surface area contributed by atoms with Crippen LogP contribution >= 0.6 is 27.5 Å². The largest absolute Gasteiger partial charge is 0.368 e. The molecule has 162 valence electrons. The molecule has 1 N–H and O–H groups in total. The number of piperidine rings is 1. The number of likely N-dealkylation sites (tertiary alicyclic amines) is 1. The van der Waals surface area contributed by atoms with E-state index >= 15 is 0 Å². The van der Waals surface area contributed by atoms with Crippen LogP contribution in [0.25, 0.3) is 16.9 Å². The Morgan fingerprint density at radius 1 is 1.23 bits per heavy atom. The summed E-state index contributed by atoms with van der Waals surface area (Å²) in [7, 11) is 0. The average molecular weight is 505 g/mol. The van der Waals surface area contributed by atoms with Gasteiger partial charge in [0.25, 0.3) is 5.91 Å². The minimum atomic E-state index is -0.246. The third kappa shape index (κ3) is 4.16. The Bertz CT molecular complexity index is 1110. The van der Waals surface area contributed by atoms with Crippen molar-refractivity contribution in [3.63, 3.8) is 0 Å². The Hall–Kier alpha value is -2.16. The van der Waals surface area contributed by atoms with E-state index < -0.39 is 0 Å². The number of fused-ring (bicyclic) bond motifs is 1. The van der Waals surface area contributed by atoms with Gasteiger partial charge in [0, 0.05) is 42.4 Å². The highest BCUT2D eigenvalue weighted by atomic mass is 79.9. The van der Waals surface area contributed by atoms with Gasteiger partial charge in [0.05, 0.1) is 16.4 Å². The Kier molecular flexibility index (Phi) is 5.86. The van der Waals surface area contributed by atoms with E-state index in [4.69, 9.17) is 21.3 Å². The lowest BCUT2D eigenvalue weighted by Crippen LogP contribution is -2.46. The van der Waals surface area contributed by atoms with Crippen molar-refractivity contribution in [3.05, 3.63) is 46.0 Å². The summed E-state index contributed by atoms with van der Waals surface area (Å²) in [6.45, 7) is 2.15. The molecule has 4 heterocycles. The predicted molar refractivity (Wildman–Crippen MR) is 123 cm³/mol. The van der Waals surface area contributed by atoms with E-state index in [1.165, 1.54) is 0 Å². The van der Waals surface area contributed by atoms with Crippen molar-refractivity contribution in [2.45, 2.75) is 37.8 Å². The van der Waals surface area contributed by atoms with Crippen LogP contribution in [-0.2, 0) is 9.53 Å². The molecule has 2 aromatic heterocycles. The smallest absolute Gasteiger partial charge is 0.251 e. The highest BCUT2D eigenvalue weighted by Gasteiger charge is 2.31. The van der Waals surface area contributed by atoms with Gasteiger partial charge in [0.1, 0.15) is 11.9 Å². The van der Waals surface area contributed by atoms with Crippen molar-refractivity contribution in [3.8, 4) is 11.3 Å². The molecule has 1 amide bonds. The summed E-state index contributed by atoms with van der Waals surface area (Å²) >= 11 is 9.97. The van der Waals surface area contributed by atoms with E-state index in [9.17, 15) is 4.79 Å². The van der Waals surface area contributed by atoms with Gasteiger partial charge in [-0.1, -0.05) is 29.8 Å². The molecule has 0 radical (unpaired) electrons. The Labute approximate surface area is 193 Å². The second-order valence-corrected chi connectivity index (χ2v) is 9.24. The topological polar surface area (TPSA) is 71.8 Å². The molecule has 0 spiro atoms. The fourth-order valence-corrected chi connectivity index (χ4v) is 4.86. The van der Waals surface area contributed by atoms with Crippen LogP contribution in [0.5, 0.6) is 0 Å². The minimum absolute atomic E-state index is 0.138. The van der Waals surface area contributed by atoms with Crippen molar-refractivity contribution < 1.29 is 9.53 Å². The number of amides is 1. The molecule has 1 aromatic carbocycles. The summed E-state index contributed by atoms with van der Waals surface area (Å²) in [5.74, 6) is 0.994. The first kappa shape index (κ1) is 20.7. The first-order valence-electron chi connectivity index (χ1n) is 10.6. The number of carbonyl (C=O) groups excluding carboxylic acids is 1. The van der Waals surface area contributed by atoms with Gasteiger partial charge in [-0.15, -0.1) is 0 Å². The highest BCUT2D eigenvalue weighted by molar-refractivity contribution is 9.10. The molecule has 1 atom stereocenters. The van der Waals surface area contributed by atoms with Crippen molar-refractivity contribution in [1.82, 2.24) is 19.5 Å². The SMILES string of the molecule is O=C(C1CCCO1)N1CCC(Nc2cc(-c3ccccc3Cl)nc3c(Br)cnn23)CC1. The summed E-state index contributed by atoms with van der Waals surface area (Å²) in [6.07, 6.45) is 5.04. The quantitative estimate of drug-likeness (QED) is 0.570. The number of rotatable bonds is 4. The number of halogens is 2. The molecule has 5 rings (SSSR count). The Morgan fingerprint density at radius 3 is 2.77 bits per heavy atom. The Balaban J connectivity index is 1.36. The van der Waals surface area contributed by atoms with E-state index in [-0.39, 0.29) is 18.1 Å². The minimum Gasteiger partial charge on any atom is -0.368 e. The van der Waals surface area contributed by atoms with Crippen LogP contribution in [0.4, 0.5) is 5.82 Å². The second-order valence-electron chi connectivity index (χ2n) is 7.98. The second kappa shape index (κ2) is 8.76. The summed E-state index contributed by atoms with van der Waals surface area (Å²) in [5, 5.41) is 8.74. The average Bonchev–Trinajstić information content (AvgIpc) is 3.45. The van der Waals surface area contributed by atoms with Crippen LogP contribution in [0.15, 0.2) is 41.0 Å². The molecule has 1 unspecified atom stereocenters. The lowest BCUT2D eigenvalue weighted by atomic mass is 10.0.